The number of nitrogens with one attached hydrogen (secondary N) is 1. The van der Waals surface area contributed by atoms with Crippen molar-refractivity contribution in [2.24, 2.45) is 5.84 Å². The Bertz CT molecular complexity index is 492. The third-order valence-electron chi connectivity index (χ3n) is 4.04. The molecule has 0 radical (unpaired) electrons. The Morgan fingerprint density at radius 3 is 2.45 bits per heavy atom. The van der Waals surface area contributed by atoms with Gasteiger partial charge in [0.2, 0.25) is 0 Å². The van der Waals surface area contributed by atoms with Crippen molar-refractivity contribution < 1.29 is 14.3 Å². The number of carbonyl (C=O) groups excluding carboxylic acids is 1. The van der Waals surface area contributed by atoms with Gasteiger partial charge in [-0.25, -0.2) is 5.84 Å². The number of hydrogen-bond acceptors (Lipinski definition) is 4. The van der Waals surface area contributed by atoms with Crippen LogP contribution in [0.2, 0.25) is 0 Å². The highest BCUT2D eigenvalue weighted by atomic mass is 16.5. The van der Waals surface area contributed by atoms with Crippen LogP contribution in [0.3, 0.4) is 0 Å². The standard InChI is InChI=1S/C15H20N2O3/c16-17-15(18)11-5-1-4-10(12-6-2-8-19-12)14(11)13-7-3-9-20-13/h1,4-5,12-13H,2-3,6-9,16H2,(H,17,18). The SMILES string of the molecule is NNC(=O)c1cccc(C2CCCO2)c1C1CCCO1. The number of hydrazine groups is 1. The van der Waals surface area contributed by atoms with E-state index >= 15 is 0 Å². The average Bonchev–Trinajstić information content (AvgIpc) is 3.18. The van der Waals surface area contributed by atoms with Gasteiger partial charge in [-0.15, -0.1) is 0 Å². The third-order valence-corrected chi connectivity index (χ3v) is 4.04. The van der Waals surface area contributed by atoms with Gasteiger partial charge in [0.15, 0.2) is 0 Å². The van der Waals surface area contributed by atoms with Gasteiger partial charge in [0.05, 0.1) is 12.2 Å². The average molecular weight is 276 g/mol. The zero-order valence-corrected chi connectivity index (χ0v) is 11.4. The van der Waals surface area contributed by atoms with E-state index in [2.05, 4.69) is 5.43 Å². The smallest absolute Gasteiger partial charge is 0.265 e. The Morgan fingerprint density at radius 1 is 1.15 bits per heavy atom. The van der Waals surface area contributed by atoms with Gasteiger partial charge in [-0.3, -0.25) is 10.2 Å². The minimum absolute atomic E-state index is 0.0253. The number of ether oxygens (including phenoxy) is 2. The Labute approximate surface area is 118 Å². The number of amides is 1. The summed E-state index contributed by atoms with van der Waals surface area (Å²) in [5.41, 5.74) is 4.87. The minimum Gasteiger partial charge on any atom is -0.374 e. The minimum atomic E-state index is -0.268. The zero-order chi connectivity index (χ0) is 13.9. The summed E-state index contributed by atoms with van der Waals surface area (Å²) in [6, 6.07) is 5.73. The van der Waals surface area contributed by atoms with Gasteiger partial charge in [0, 0.05) is 18.8 Å². The third kappa shape index (κ3) is 2.44. The van der Waals surface area contributed by atoms with Gasteiger partial charge >= 0.3 is 0 Å². The molecule has 1 amide bonds. The van der Waals surface area contributed by atoms with E-state index in [0.29, 0.717) is 5.56 Å². The van der Waals surface area contributed by atoms with Gasteiger partial charge in [-0.05, 0) is 42.9 Å². The molecule has 2 saturated heterocycles. The molecule has 2 unspecified atom stereocenters. The molecule has 2 aliphatic rings. The van der Waals surface area contributed by atoms with Crippen LogP contribution in [0.25, 0.3) is 0 Å². The highest BCUT2D eigenvalue weighted by Gasteiger charge is 2.30. The van der Waals surface area contributed by atoms with Gasteiger partial charge in [-0.1, -0.05) is 12.1 Å². The van der Waals surface area contributed by atoms with E-state index in [9.17, 15) is 4.79 Å². The van der Waals surface area contributed by atoms with Crippen LogP contribution < -0.4 is 11.3 Å². The summed E-state index contributed by atoms with van der Waals surface area (Å²) >= 11 is 0. The number of carbonyl (C=O) groups is 1. The van der Waals surface area contributed by atoms with Crippen molar-refractivity contribution in [1.82, 2.24) is 5.43 Å². The Balaban J connectivity index is 2.05. The number of rotatable bonds is 3. The molecule has 0 aromatic heterocycles. The van der Waals surface area contributed by atoms with Crippen molar-refractivity contribution in [3.05, 3.63) is 34.9 Å². The van der Waals surface area contributed by atoms with Crippen LogP contribution in [0.4, 0.5) is 0 Å². The molecule has 1 aromatic rings. The maximum atomic E-state index is 12.0. The van der Waals surface area contributed by atoms with Gasteiger partial charge in [-0.2, -0.15) is 0 Å². The largest absolute Gasteiger partial charge is 0.374 e. The normalized spacial score (nSPS) is 25.9. The maximum absolute atomic E-state index is 12.0. The number of nitrogen functional groups attached to an aromatic ring is 1. The molecule has 20 heavy (non-hydrogen) atoms. The van der Waals surface area contributed by atoms with Crippen molar-refractivity contribution in [2.75, 3.05) is 13.2 Å². The van der Waals surface area contributed by atoms with Gasteiger partial charge < -0.3 is 9.47 Å². The molecule has 2 fully saturated rings. The summed E-state index contributed by atoms with van der Waals surface area (Å²) in [7, 11) is 0. The first kappa shape index (κ1) is 13.5. The van der Waals surface area contributed by atoms with Crippen LogP contribution in [0, 0.1) is 0 Å². The van der Waals surface area contributed by atoms with Crippen molar-refractivity contribution in [2.45, 2.75) is 37.9 Å². The zero-order valence-electron chi connectivity index (χ0n) is 11.4. The Morgan fingerprint density at radius 2 is 1.85 bits per heavy atom. The lowest BCUT2D eigenvalue weighted by molar-refractivity contribution is 0.0884. The van der Waals surface area contributed by atoms with E-state index in [1.807, 2.05) is 12.1 Å². The Hall–Kier alpha value is -1.43. The monoisotopic (exact) mass is 276 g/mol. The summed E-state index contributed by atoms with van der Waals surface area (Å²) in [6.07, 6.45) is 4.06. The fourth-order valence-electron chi connectivity index (χ4n) is 3.13. The second kappa shape index (κ2) is 5.91. The molecular weight excluding hydrogens is 256 g/mol. The highest BCUT2D eigenvalue weighted by Crippen LogP contribution is 2.39. The maximum Gasteiger partial charge on any atom is 0.265 e. The first-order chi connectivity index (χ1) is 9.81. The van der Waals surface area contributed by atoms with Crippen molar-refractivity contribution in [3.8, 4) is 0 Å². The second-order valence-electron chi connectivity index (χ2n) is 5.29. The molecule has 5 nitrogen and oxygen atoms in total. The summed E-state index contributed by atoms with van der Waals surface area (Å²) in [5, 5.41) is 0. The number of hydrogen-bond donors (Lipinski definition) is 2. The van der Waals surface area contributed by atoms with E-state index in [1.54, 1.807) is 6.07 Å². The van der Waals surface area contributed by atoms with Gasteiger partial charge in [0.1, 0.15) is 0 Å². The lowest BCUT2D eigenvalue weighted by Gasteiger charge is -2.22. The highest BCUT2D eigenvalue weighted by molar-refractivity contribution is 5.95. The topological polar surface area (TPSA) is 73.6 Å². The Kier molecular flexibility index (Phi) is 4.00. The molecule has 1 aromatic carbocycles. The van der Waals surface area contributed by atoms with E-state index in [-0.39, 0.29) is 18.1 Å². The van der Waals surface area contributed by atoms with Crippen LogP contribution in [0.15, 0.2) is 18.2 Å². The fourth-order valence-corrected chi connectivity index (χ4v) is 3.13. The van der Waals surface area contributed by atoms with E-state index in [4.69, 9.17) is 15.3 Å². The number of nitrogens with two attached hydrogens (primary N) is 1. The summed E-state index contributed by atoms with van der Waals surface area (Å²) < 4.78 is 11.6. The molecule has 2 heterocycles. The first-order valence-corrected chi connectivity index (χ1v) is 7.18. The molecule has 2 atom stereocenters. The summed E-state index contributed by atoms with van der Waals surface area (Å²) in [4.78, 5) is 12.0. The molecule has 2 aliphatic heterocycles. The quantitative estimate of drug-likeness (QED) is 0.503. The van der Waals surface area contributed by atoms with Crippen molar-refractivity contribution >= 4 is 5.91 Å². The molecule has 3 rings (SSSR count). The molecule has 5 heteroatoms. The van der Waals surface area contributed by atoms with Crippen LogP contribution in [0.5, 0.6) is 0 Å². The number of benzene rings is 1. The fraction of sp³-hybridized carbons (Fsp3) is 0.533. The van der Waals surface area contributed by atoms with E-state index in [0.717, 1.165) is 50.0 Å². The van der Waals surface area contributed by atoms with Crippen molar-refractivity contribution in [3.63, 3.8) is 0 Å². The molecule has 0 saturated carbocycles. The lowest BCUT2D eigenvalue weighted by Crippen LogP contribution is -2.31. The molecule has 0 spiro atoms. The van der Waals surface area contributed by atoms with Crippen molar-refractivity contribution in [1.29, 1.82) is 0 Å². The van der Waals surface area contributed by atoms with Crippen LogP contribution in [-0.2, 0) is 9.47 Å². The van der Waals surface area contributed by atoms with Crippen LogP contribution >= 0.6 is 0 Å². The van der Waals surface area contributed by atoms with E-state index in [1.165, 1.54) is 0 Å². The van der Waals surface area contributed by atoms with Crippen LogP contribution in [0.1, 0.15) is 59.4 Å². The van der Waals surface area contributed by atoms with Gasteiger partial charge in [0.25, 0.3) is 5.91 Å². The summed E-state index contributed by atoms with van der Waals surface area (Å²) in [5.74, 6) is 5.04. The predicted octanol–water partition coefficient (Wildman–Crippen LogP) is 1.99. The molecule has 0 aliphatic carbocycles. The first-order valence-electron chi connectivity index (χ1n) is 7.18. The molecular formula is C15H20N2O3. The second-order valence-corrected chi connectivity index (χ2v) is 5.29. The lowest BCUT2D eigenvalue weighted by atomic mass is 9.90. The molecule has 0 bridgehead atoms. The summed E-state index contributed by atoms with van der Waals surface area (Å²) in [6.45, 7) is 1.52. The predicted molar refractivity (Wildman–Crippen MR) is 73.9 cm³/mol. The van der Waals surface area contributed by atoms with E-state index < -0.39 is 0 Å². The van der Waals surface area contributed by atoms with Crippen LogP contribution in [-0.4, -0.2) is 19.1 Å². The molecule has 108 valence electrons. The molecule has 3 N–H and O–H groups in total.